The number of nitrogens with one attached hydrogen (secondary N) is 3. The average molecular weight is 420 g/mol. The molecule has 0 aromatic heterocycles. The molecule has 1 aromatic carbocycles. The first kappa shape index (κ1) is 24.1. The second-order valence-corrected chi connectivity index (χ2v) is 7.89. The molecule has 8 heteroatoms. The van der Waals surface area contributed by atoms with Crippen LogP contribution in [0.5, 0.6) is 0 Å². The van der Waals surface area contributed by atoms with Crippen LogP contribution in [-0.4, -0.2) is 80.0 Å². The van der Waals surface area contributed by atoms with Gasteiger partial charge in [-0.15, -0.1) is 0 Å². The molecule has 0 aliphatic carbocycles. The van der Waals surface area contributed by atoms with Gasteiger partial charge in [0.05, 0.1) is 25.4 Å². The molecule has 0 radical (unpaired) electrons. The molecule has 1 amide bonds. The van der Waals surface area contributed by atoms with Crippen LogP contribution in [0.3, 0.4) is 0 Å². The molecule has 1 saturated heterocycles. The van der Waals surface area contributed by atoms with E-state index in [1.54, 1.807) is 0 Å². The van der Waals surface area contributed by atoms with Crippen LogP contribution >= 0.6 is 0 Å². The Morgan fingerprint density at radius 2 is 2.00 bits per heavy atom. The Morgan fingerprint density at radius 1 is 1.23 bits per heavy atom. The largest absolute Gasteiger partial charge is 0.387 e. The lowest BCUT2D eigenvalue weighted by molar-refractivity contribution is -0.0201. The normalized spacial score (nSPS) is 17.3. The molecule has 1 aliphatic rings. The van der Waals surface area contributed by atoms with Gasteiger partial charge < -0.3 is 25.8 Å². The summed E-state index contributed by atoms with van der Waals surface area (Å²) in [4.78, 5) is 19.0. The smallest absolute Gasteiger partial charge is 0.251 e. The van der Waals surface area contributed by atoms with Gasteiger partial charge in [-0.05, 0) is 38.0 Å². The number of morpholine rings is 1. The number of benzene rings is 1. The SMILES string of the molecule is CCCNC(=O)c1cccc(CN=C(NCC)NCC(C)(O)CN2CCOCC2)c1. The second-order valence-electron chi connectivity index (χ2n) is 7.89. The molecular formula is C22H37N5O3. The van der Waals surface area contributed by atoms with E-state index in [9.17, 15) is 9.90 Å². The van der Waals surface area contributed by atoms with Crippen molar-refractivity contribution in [2.45, 2.75) is 39.3 Å². The minimum Gasteiger partial charge on any atom is -0.387 e. The number of nitrogens with zero attached hydrogens (tertiary/aromatic N) is 2. The highest BCUT2D eigenvalue weighted by molar-refractivity contribution is 5.94. The number of carbonyl (C=O) groups is 1. The highest BCUT2D eigenvalue weighted by atomic mass is 16.5. The molecule has 8 nitrogen and oxygen atoms in total. The highest BCUT2D eigenvalue weighted by Gasteiger charge is 2.25. The number of hydrogen-bond donors (Lipinski definition) is 4. The maximum atomic E-state index is 12.2. The predicted octanol–water partition coefficient (Wildman–Crippen LogP) is 0.965. The fraction of sp³-hybridized carbons (Fsp3) is 0.636. The number of amides is 1. The molecule has 1 atom stereocenters. The average Bonchev–Trinajstić information content (AvgIpc) is 2.74. The fourth-order valence-corrected chi connectivity index (χ4v) is 3.23. The Labute approximate surface area is 180 Å². The van der Waals surface area contributed by atoms with E-state index < -0.39 is 5.60 Å². The lowest BCUT2D eigenvalue weighted by Crippen LogP contribution is -2.52. The van der Waals surface area contributed by atoms with Crippen molar-refractivity contribution >= 4 is 11.9 Å². The standard InChI is InChI=1S/C22H37N5O3/c1-4-9-24-20(28)19-8-6-7-18(14-19)15-25-21(23-5-2)26-16-22(3,29)17-27-10-12-30-13-11-27/h6-8,14,29H,4-5,9-13,15-17H2,1-3H3,(H,24,28)(H2,23,25,26). The first-order valence-electron chi connectivity index (χ1n) is 10.9. The van der Waals surface area contributed by atoms with E-state index >= 15 is 0 Å². The summed E-state index contributed by atoms with van der Waals surface area (Å²) in [5.74, 6) is 0.576. The number of aliphatic hydroxyl groups is 1. The fourth-order valence-electron chi connectivity index (χ4n) is 3.23. The summed E-state index contributed by atoms with van der Waals surface area (Å²) in [6, 6.07) is 7.51. The van der Waals surface area contributed by atoms with Crippen LogP contribution in [0, 0.1) is 0 Å². The lowest BCUT2D eigenvalue weighted by Gasteiger charge is -2.34. The van der Waals surface area contributed by atoms with Gasteiger partial charge in [0.15, 0.2) is 5.96 Å². The third-order valence-electron chi connectivity index (χ3n) is 4.79. The maximum Gasteiger partial charge on any atom is 0.251 e. The lowest BCUT2D eigenvalue weighted by atomic mass is 10.1. The number of carbonyl (C=O) groups excluding carboxylic acids is 1. The molecule has 0 spiro atoms. The molecule has 30 heavy (non-hydrogen) atoms. The van der Waals surface area contributed by atoms with Crippen LogP contribution in [0.2, 0.25) is 0 Å². The summed E-state index contributed by atoms with van der Waals surface area (Å²) in [6.07, 6.45) is 0.906. The van der Waals surface area contributed by atoms with Gasteiger partial charge in [0, 0.05) is 44.8 Å². The van der Waals surface area contributed by atoms with Gasteiger partial charge in [-0.2, -0.15) is 0 Å². The van der Waals surface area contributed by atoms with Crippen molar-refractivity contribution in [2.24, 2.45) is 4.99 Å². The van der Waals surface area contributed by atoms with Crippen molar-refractivity contribution in [2.75, 3.05) is 52.5 Å². The Hall–Kier alpha value is -2.16. The van der Waals surface area contributed by atoms with Crippen molar-refractivity contribution < 1.29 is 14.6 Å². The molecule has 0 bridgehead atoms. The van der Waals surface area contributed by atoms with E-state index in [4.69, 9.17) is 4.74 Å². The van der Waals surface area contributed by atoms with Gasteiger partial charge in [-0.25, -0.2) is 4.99 Å². The van der Waals surface area contributed by atoms with Gasteiger partial charge in [-0.1, -0.05) is 19.1 Å². The van der Waals surface area contributed by atoms with E-state index in [-0.39, 0.29) is 5.91 Å². The summed E-state index contributed by atoms with van der Waals surface area (Å²) < 4.78 is 5.37. The van der Waals surface area contributed by atoms with Crippen molar-refractivity contribution in [1.29, 1.82) is 0 Å². The second kappa shape index (κ2) is 12.5. The Bertz CT molecular complexity index is 687. The topological polar surface area (TPSA) is 98.2 Å². The van der Waals surface area contributed by atoms with E-state index in [2.05, 4.69) is 25.8 Å². The van der Waals surface area contributed by atoms with E-state index in [0.717, 1.165) is 31.6 Å². The van der Waals surface area contributed by atoms with Gasteiger partial charge in [0.25, 0.3) is 5.91 Å². The van der Waals surface area contributed by atoms with Gasteiger partial charge in [-0.3, -0.25) is 9.69 Å². The number of aliphatic imine (C=N–C) groups is 1. The van der Waals surface area contributed by atoms with Crippen LogP contribution in [0.15, 0.2) is 29.3 Å². The van der Waals surface area contributed by atoms with E-state index in [1.807, 2.05) is 45.0 Å². The third kappa shape index (κ3) is 8.69. The molecule has 168 valence electrons. The maximum absolute atomic E-state index is 12.2. The molecule has 4 N–H and O–H groups in total. The van der Waals surface area contributed by atoms with E-state index in [1.165, 1.54) is 0 Å². The zero-order valence-electron chi connectivity index (χ0n) is 18.5. The Balaban J connectivity index is 1.92. The molecule has 1 aliphatic heterocycles. The van der Waals surface area contributed by atoms with Crippen LogP contribution in [0.4, 0.5) is 0 Å². The predicted molar refractivity (Wildman–Crippen MR) is 120 cm³/mol. The zero-order chi connectivity index (χ0) is 21.8. The minimum absolute atomic E-state index is 0.0631. The minimum atomic E-state index is -0.884. The monoisotopic (exact) mass is 419 g/mol. The van der Waals surface area contributed by atoms with Crippen molar-refractivity contribution in [3.8, 4) is 0 Å². The molecule has 1 heterocycles. The van der Waals surface area contributed by atoms with Crippen LogP contribution in [-0.2, 0) is 11.3 Å². The summed E-state index contributed by atoms with van der Waals surface area (Å²) in [7, 11) is 0. The summed E-state index contributed by atoms with van der Waals surface area (Å²) in [5.41, 5.74) is 0.712. The van der Waals surface area contributed by atoms with Crippen LogP contribution in [0.1, 0.15) is 43.1 Å². The van der Waals surface area contributed by atoms with Crippen molar-refractivity contribution in [3.05, 3.63) is 35.4 Å². The first-order valence-corrected chi connectivity index (χ1v) is 10.9. The Morgan fingerprint density at radius 3 is 2.70 bits per heavy atom. The summed E-state index contributed by atoms with van der Waals surface area (Å²) in [5, 5.41) is 20.1. The number of guanidine groups is 1. The molecule has 0 saturated carbocycles. The zero-order valence-corrected chi connectivity index (χ0v) is 18.5. The highest BCUT2D eigenvalue weighted by Crippen LogP contribution is 2.09. The summed E-state index contributed by atoms with van der Waals surface area (Å²) >= 11 is 0. The van der Waals surface area contributed by atoms with Crippen molar-refractivity contribution in [3.63, 3.8) is 0 Å². The molecule has 2 rings (SSSR count). The van der Waals surface area contributed by atoms with Gasteiger partial charge >= 0.3 is 0 Å². The number of rotatable bonds is 10. The van der Waals surface area contributed by atoms with Crippen LogP contribution < -0.4 is 16.0 Å². The third-order valence-corrected chi connectivity index (χ3v) is 4.79. The van der Waals surface area contributed by atoms with Gasteiger partial charge in [0.2, 0.25) is 0 Å². The quantitative estimate of drug-likeness (QED) is 0.333. The first-order chi connectivity index (χ1) is 14.4. The molecule has 1 aromatic rings. The van der Waals surface area contributed by atoms with Crippen LogP contribution in [0.25, 0.3) is 0 Å². The van der Waals surface area contributed by atoms with Crippen molar-refractivity contribution in [1.82, 2.24) is 20.9 Å². The number of ether oxygens (including phenoxy) is 1. The van der Waals surface area contributed by atoms with E-state index in [0.29, 0.717) is 50.9 Å². The molecular weight excluding hydrogens is 382 g/mol. The summed E-state index contributed by atoms with van der Waals surface area (Å²) in [6.45, 7) is 11.8. The Kier molecular flexibility index (Phi) is 10.1. The number of β-amino-alcohol motifs (C(OH)–C–C–N with tert-alkyl or cyclic N) is 1. The molecule has 1 unspecified atom stereocenters. The number of hydrogen-bond acceptors (Lipinski definition) is 5. The van der Waals surface area contributed by atoms with Gasteiger partial charge in [0.1, 0.15) is 0 Å². The molecule has 1 fully saturated rings.